The second-order valence-corrected chi connectivity index (χ2v) is 7.35. The first kappa shape index (κ1) is 17.1. The Morgan fingerprint density at radius 1 is 1.18 bits per heavy atom. The van der Waals surface area contributed by atoms with E-state index in [1.54, 1.807) is 18.1 Å². The van der Waals surface area contributed by atoms with Gasteiger partial charge in [0.25, 0.3) is 5.78 Å². The van der Waals surface area contributed by atoms with E-state index in [1.807, 2.05) is 32.2 Å². The number of rotatable bonds is 2. The zero-order chi connectivity index (χ0) is 19.6. The van der Waals surface area contributed by atoms with Crippen molar-refractivity contribution in [3.05, 3.63) is 46.5 Å². The van der Waals surface area contributed by atoms with Crippen LogP contribution in [0.15, 0.2) is 24.3 Å². The molecule has 0 N–H and O–H groups in total. The topological polar surface area (TPSA) is 68.3 Å². The van der Waals surface area contributed by atoms with Crippen molar-refractivity contribution >= 4 is 17.4 Å². The highest BCUT2D eigenvalue weighted by molar-refractivity contribution is 6.52. The standard InChI is InChI=1S/C21H20N2O5/c1-11-4-5-14-13(8-11)17(24)21(25)23(14)20-16-12(6-7-22(20)2)9-15-18(19(16)26-3)28-10-27-15/h4-5,8-9,20H,6-7,10H2,1-3H3/t20-/m0/s1. The molecule has 2 aromatic carbocycles. The van der Waals surface area contributed by atoms with Crippen molar-refractivity contribution in [3.63, 3.8) is 0 Å². The van der Waals surface area contributed by atoms with Crippen LogP contribution in [0.25, 0.3) is 0 Å². The first-order valence-electron chi connectivity index (χ1n) is 9.19. The van der Waals surface area contributed by atoms with Crippen LogP contribution in [-0.4, -0.2) is 44.1 Å². The van der Waals surface area contributed by atoms with Crippen LogP contribution in [0.1, 0.15) is 33.2 Å². The van der Waals surface area contributed by atoms with Gasteiger partial charge in [0.05, 0.1) is 18.4 Å². The second kappa shape index (κ2) is 5.97. The molecule has 5 rings (SSSR count). The van der Waals surface area contributed by atoms with E-state index in [2.05, 4.69) is 4.90 Å². The minimum Gasteiger partial charge on any atom is -0.492 e. The van der Waals surface area contributed by atoms with Crippen LogP contribution in [0.3, 0.4) is 0 Å². The van der Waals surface area contributed by atoms with E-state index < -0.39 is 17.9 Å². The third-order valence-electron chi connectivity index (χ3n) is 5.67. The van der Waals surface area contributed by atoms with Gasteiger partial charge in [0, 0.05) is 12.1 Å². The molecule has 0 aliphatic carbocycles. The van der Waals surface area contributed by atoms with Crippen LogP contribution in [0, 0.1) is 6.92 Å². The molecule has 28 heavy (non-hydrogen) atoms. The van der Waals surface area contributed by atoms with Crippen molar-refractivity contribution in [3.8, 4) is 17.2 Å². The third-order valence-corrected chi connectivity index (χ3v) is 5.67. The summed E-state index contributed by atoms with van der Waals surface area (Å²) in [4.78, 5) is 29.3. The molecule has 7 nitrogen and oxygen atoms in total. The second-order valence-electron chi connectivity index (χ2n) is 7.35. The number of hydrogen-bond donors (Lipinski definition) is 0. The number of benzene rings is 2. The maximum Gasteiger partial charge on any atom is 0.301 e. The predicted molar refractivity (Wildman–Crippen MR) is 101 cm³/mol. The average Bonchev–Trinajstić information content (AvgIpc) is 3.24. The van der Waals surface area contributed by atoms with Crippen molar-refractivity contribution in [2.24, 2.45) is 0 Å². The number of anilines is 1. The van der Waals surface area contributed by atoms with Gasteiger partial charge in [0.1, 0.15) is 6.17 Å². The number of ketones is 1. The van der Waals surface area contributed by atoms with Crippen LogP contribution >= 0.6 is 0 Å². The summed E-state index contributed by atoms with van der Waals surface area (Å²) in [5, 5.41) is 0. The first-order valence-corrected chi connectivity index (χ1v) is 9.19. The van der Waals surface area contributed by atoms with Crippen molar-refractivity contribution in [2.75, 3.05) is 32.4 Å². The number of methoxy groups -OCH3 is 1. The monoisotopic (exact) mass is 380 g/mol. The molecule has 0 fully saturated rings. The number of hydrogen-bond acceptors (Lipinski definition) is 6. The molecule has 1 amide bonds. The number of carbonyl (C=O) groups excluding carboxylic acids is 2. The minimum absolute atomic E-state index is 0.137. The number of likely N-dealkylation sites (N-methyl/N-ethyl adjacent to an activating group) is 1. The lowest BCUT2D eigenvalue weighted by Crippen LogP contribution is -2.46. The van der Waals surface area contributed by atoms with Crippen LogP contribution in [0.2, 0.25) is 0 Å². The van der Waals surface area contributed by atoms with Crippen molar-refractivity contribution < 1.29 is 23.8 Å². The highest BCUT2D eigenvalue weighted by Gasteiger charge is 2.45. The molecule has 3 heterocycles. The van der Waals surface area contributed by atoms with Gasteiger partial charge in [-0.1, -0.05) is 11.6 Å². The van der Waals surface area contributed by atoms with E-state index in [-0.39, 0.29) is 6.79 Å². The Kier molecular flexibility index (Phi) is 3.64. The molecule has 3 aliphatic rings. The molecule has 144 valence electrons. The lowest BCUT2D eigenvalue weighted by Gasteiger charge is -2.40. The quantitative estimate of drug-likeness (QED) is 0.746. The van der Waals surface area contributed by atoms with E-state index in [1.165, 1.54) is 0 Å². The molecule has 0 radical (unpaired) electrons. The van der Waals surface area contributed by atoms with Crippen LogP contribution < -0.4 is 19.1 Å². The van der Waals surface area contributed by atoms with Gasteiger partial charge in [0.15, 0.2) is 11.5 Å². The minimum atomic E-state index is -0.523. The average molecular weight is 380 g/mol. The summed E-state index contributed by atoms with van der Waals surface area (Å²) in [5.74, 6) is 0.758. The number of carbonyl (C=O) groups is 2. The van der Waals surface area contributed by atoms with Crippen molar-refractivity contribution in [1.29, 1.82) is 0 Å². The lowest BCUT2D eigenvalue weighted by atomic mass is 9.94. The Labute approximate surface area is 162 Å². The van der Waals surface area contributed by atoms with Crippen molar-refractivity contribution in [1.82, 2.24) is 4.90 Å². The van der Waals surface area contributed by atoms with Crippen LogP contribution in [-0.2, 0) is 11.2 Å². The molecule has 0 saturated carbocycles. The summed E-state index contributed by atoms with van der Waals surface area (Å²) < 4.78 is 16.9. The smallest absolute Gasteiger partial charge is 0.301 e. The summed E-state index contributed by atoms with van der Waals surface area (Å²) in [6.07, 6.45) is 0.320. The van der Waals surface area contributed by atoms with Gasteiger partial charge in [-0.05, 0) is 44.2 Å². The normalized spacial score (nSPS) is 20.4. The molecule has 3 aliphatic heterocycles. The Morgan fingerprint density at radius 2 is 2.00 bits per heavy atom. The molecule has 0 unspecified atom stereocenters. The molecule has 0 spiro atoms. The van der Waals surface area contributed by atoms with Gasteiger partial charge in [0.2, 0.25) is 12.5 Å². The number of amides is 1. The summed E-state index contributed by atoms with van der Waals surface area (Å²) >= 11 is 0. The fraction of sp³-hybridized carbons (Fsp3) is 0.333. The zero-order valence-electron chi connectivity index (χ0n) is 15.9. The first-order chi connectivity index (χ1) is 13.5. The lowest BCUT2D eigenvalue weighted by molar-refractivity contribution is -0.115. The van der Waals surface area contributed by atoms with E-state index in [4.69, 9.17) is 14.2 Å². The third kappa shape index (κ3) is 2.19. The van der Waals surface area contributed by atoms with E-state index in [0.29, 0.717) is 28.5 Å². The maximum atomic E-state index is 13.0. The number of fused-ring (bicyclic) bond motifs is 3. The summed E-state index contributed by atoms with van der Waals surface area (Å²) in [6.45, 7) is 2.78. The number of Topliss-reactive ketones (excluding diaryl/α,β-unsaturated/α-hetero) is 1. The van der Waals surface area contributed by atoms with Gasteiger partial charge < -0.3 is 14.2 Å². The van der Waals surface area contributed by atoms with Gasteiger partial charge in [-0.3, -0.25) is 19.4 Å². The number of ether oxygens (including phenoxy) is 3. The van der Waals surface area contributed by atoms with Crippen LogP contribution in [0.4, 0.5) is 5.69 Å². The molecular weight excluding hydrogens is 360 g/mol. The fourth-order valence-electron chi connectivity index (χ4n) is 4.35. The zero-order valence-corrected chi connectivity index (χ0v) is 15.9. The number of aryl methyl sites for hydroxylation is 1. The highest BCUT2D eigenvalue weighted by atomic mass is 16.7. The molecule has 0 saturated heterocycles. The Morgan fingerprint density at radius 3 is 2.79 bits per heavy atom. The Balaban J connectivity index is 1.73. The largest absolute Gasteiger partial charge is 0.492 e. The van der Waals surface area contributed by atoms with E-state index in [0.717, 1.165) is 29.7 Å². The van der Waals surface area contributed by atoms with Crippen molar-refractivity contribution in [2.45, 2.75) is 19.5 Å². The van der Waals surface area contributed by atoms with Gasteiger partial charge in [-0.15, -0.1) is 0 Å². The molecule has 7 heteroatoms. The molecule has 2 aromatic rings. The summed E-state index contributed by atoms with van der Waals surface area (Å²) in [7, 11) is 3.53. The Hall–Kier alpha value is -3.06. The van der Waals surface area contributed by atoms with E-state index in [9.17, 15) is 9.59 Å². The molecule has 0 aromatic heterocycles. The predicted octanol–water partition coefficient (Wildman–Crippen LogP) is 2.45. The highest BCUT2D eigenvalue weighted by Crippen LogP contribution is 2.51. The van der Waals surface area contributed by atoms with Gasteiger partial charge >= 0.3 is 5.91 Å². The van der Waals surface area contributed by atoms with Crippen LogP contribution in [0.5, 0.6) is 17.2 Å². The Bertz CT molecular complexity index is 1030. The molecule has 1 atom stereocenters. The van der Waals surface area contributed by atoms with E-state index >= 15 is 0 Å². The molecule has 0 bridgehead atoms. The number of nitrogens with zero attached hydrogens (tertiary/aromatic N) is 2. The molecular formula is C21H20N2O5. The summed E-state index contributed by atoms with van der Waals surface area (Å²) in [6, 6.07) is 7.49. The fourth-order valence-corrected chi connectivity index (χ4v) is 4.35. The summed E-state index contributed by atoms with van der Waals surface area (Å²) in [5.41, 5.74) is 3.90. The maximum absolute atomic E-state index is 13.0. The van der Waals surface area contributed by atoms with Gasteiger partial charge in [-0.25, -0.2) is 0 Å². The van der Waals surface area contributed by atoms with Gasteiger partial charge in [-0.2, -0.15) is 0 Å². The SMILES string of the molecule is COc1c2c(cc3c1[C@H](N1C(=O)C(=O)c4cc(C)ccc41)N(C)CC3)OCO2.